The number of carbonyl (C=O) groups excluding carboxylic acids is 2. The first-order valence-electron chi connectivity index (χ1n) is 10.6. The summed E-state index contributed by atoms with van der Waals surface area (Å²) in [5, 5.41) is 3.00. The number of methoxy groups -OCH3 is 1. The minimum atomic E-state index is -0.611. The molecule has 1 fully saturated rings. The molecule has 2 aromatic carbocycles. The highest BCUT2D eigenvalue weighted by molar-refractivity contribution is 5.76. The van der Waals surface area contributed by atoms with E-state index in [-0.39, 0.29) is 30.5 Å². The van der Waals surface area contributed by atoms with Crippen molar-refractivity contribution in [3.8, 4) is 5.75 Å². The standard InChI is InChI=1S/C25H31NO5/c1-25(2,3)31-24(28)26-22(15-18-10-12-19(29-4)13-11-18)21-16-30-23(27)20(21)14-17-8-6-5-7-9-17/h5-13,20-22H,14-16H2,1-4H3,(H,26,28)/t20-,21?,22+/m1/s1. The molecule has 1 saturated heterocycles. The zero-order chi connectivity index (χ0) is 22.4. The highest BCUT2D eigenvalue weighted by Gasteiger charge is 2.42. The first-order chi connectivity index (χ1) is 14.7. The molecule has 3 atom stereocenters. The van der Waals surface area contributed by atoms with E-state index in [9.17, 15) is 9.59 Å². The largest absolute Gasteiger partial charge is 0.497 e. The molecule has 0 aromatic heterocycles. The Hall–Kier alpha value is -3.02. The van der Waals surface area contributed by atoms with Crippen molar-refractivity contribution in [1.29, 1.82) is 0 Å². The topological polar surface area (TPSA) is 73.9 Å². The second-order valence-electron chi connectivity index (χ2n) is 8.90. The summed E-state index contributed by atoms with van der Waals surface area (Å²) in [5.74, 6) is 0.0456. The van der Waals surface area contributed by atoms with Crippen LogP contribution in [0.2, 0.25) is 0 Å². The van der Waals surface area contributed by atoms with E-state index in [1.54, 1.807) is 7.11 Å². The van der Waals surface area contributed by atoms with Gasteiger partial charge in [0, 0.05) is 12.0 Å². The maximum atomic E-state index is 12.6. The molecule has 0 spiro atoms. The van der Waals surface area contributed by atoms with E-state index in [2.05, 4.69) is 5.32 Å². The molecule has 1 aliphatic rings. The predicted molar refractivity (Wildman–Crippen MR) is 118 cm³/mol. The molecule has 0 aliphatic carbocycles. The fourth-order valence-electron chi connectivity index (χ4n) is 3.86. The van der Waals surface area contributed by atoms with Crippen LogP contribution in [0.1, 0.15) is 31.9 Å². The molecule has 1 heterocycles. The molecule has 31 heavy (non-hydrogen) atoms. The number of rotatable bonds is 7. The van der Waals surface area contributed by atoms with Crippen LogP contribution >= 0.6 is 0 Å². The molecule has 6 heteroatoms. The lowest BCUT2D eigenvalue weighted by atomic mass is 9.82. The van der Waals surface area contributed by atoms with Gasteiger partial charge in [0.15, 0.2) is 0 Å². The third-order valence-electron chi connectivity index (χ3n) is 5.37. The van der Waals surface area contributed by atoms with Crippen LogP contribution in [0.5, 0.6) is 5.75 Å². The van der Waals surface area contributed by atoms with Crippen LogP contribution in [0.15, 0.2) is 54.6 Å². The zero-order valence-corrected chi connectivity index (χ0v) is 18.6. The maximum Gasteiger partial charge on any atom is 0.407 e. The van der Waals surface area contributed by atoms with Crippen molar-refractivity contribution in [2.75, 3.05) is 13.7 Å². The van der Waals surface area contributed by atoms with E-state index in [1.165, 1.54) is 0 Å². The van der Waals surface area contributed by atoms with Crippen molar-refractivity contribution in [3.63, 3.8) is 0 Å². The highest BCUT2D eigenvalue weighted by Crippen LogP contribution is 2.31. The van der Waals surface area contributed by atoms with Gasteiger partial charge in [0.25, 0.3) is 0 Å². The van der Waals surface area contributed by atoms with E-state index < -0.39 is 11.7 Å². The molecule has 0 saturated carbocycles. The Morgan fingerprint density at radius 3 is 2.39 bits per heavy atom. The third-order valence-corrected chi connectivity index (χ3v) is 5.37. The zero-order valence-electron chi connectivity index (χ0n) is 18.6. The smallest absolute Gasteiger partial charge is 0.407 e. The van der Waals surface area contributed by atoms with Crippen molar-refractivity contribution in [1.82, 2.24) is 5.32 Å². The highest BCUT2D eigenvalue weighted by atomic mass is 16.6. The number of hydrogen-bond acceptors (Lipinski definition) is 5. The minimum Gasteiger partial charge on any atom is -0.497 e. The molecular weight excluding hydrogens is 394 g/mol. The van der Waals surface area contributed by atoms with Crippen LogP contribution in [0.25, 0.3) is 0 Å². The van der Waals surface area contributed by atoms with Crippen molar-refractivity contribution in [2.24, 2.45) is 11.8 Å². The molecule has 1 N–H and O–H groups in total. The van der Waals surface area contributed by atoms with Crippen LogP contribution in [-0.4, -0.2) is 37.4 Å². The van der Waals surface area contributed by atoms with Crippen LogP contribution in [0, 0.1) is 11.8 Å². The first kappa shape index (κ1) is 22.7. The van der Waals surface area contributed by atoms with Crippen LogP contribution in [0.3, 0.4) is 0 Å². The van der Waals surface area contributed by atoms with Gasteiger partial charge in [0.1, 0.15) is 11.4 Å². The van der Waals surface area contributed by atoms with Gasteiger partial charge in [-0.3, -0.25) is 4.79 Å². The van der Waals surface area contributed by atoms with Crippen LogP contribution in [0.4, 0.5) is 4.79 Å². The van der Waals surface area contributed by atoms with E-state index in [4.69, 9.17) is 14.2 Å². The Kier molecular flexibility index (Phi) is 7.21. The molecular formula is C25H31NO5. The number of amides is 1. The summed E-state index contributed by atoms with van der Waals surface area (Å²) in [6.07, 6.45) is 0.624. The van der Waals surface area contributed by atoms with Gasteiger partial charge in [-0.2, -0.15) is 0 Å². The van der Waals surface area contributed by atoms with Crippen molar-refractivity contribution in [2.45, 2.75) is 45.3 Å². The number of esters is 1. The molecule has 1 amide bonds. The lowest BCUT2D eigenvalue weighted by Crippen LogP contribution is -2.46. The Balaban J connectivity index is 1.82. The summed E-state index contributed by atoms with van der Waals surface area (Å²) in [5.41, 5.74) is 1.48. The number of carbonyl (C=O) groups is 2. The van der Waals surface area contributed by atoms with Crippen molar-refractivity contribution >= 4 is 12.1 Å². The van der Waals surface area contributed by atoms with Gasteiger partial charge in [0.2, 0.25) is 0 Å². The Bertz CT molecular complexity index is 873. The minimum absolute atomic E-state index is 0.165. The summed E-state index contributed by atoms with van der Waals surface area (Å²) in [4.78, 5) is 25.1. The Morgan fingerprint density at radius 2 is 1.77 bits per heavy atom. The predicted octanol–water partition coefficient (Wildman–Crippen LogP) is 4.16. The summed E-state index contributed by atoms with van der Waals surface area (Å²) in [6.45, 7) is 5.75. The molecule has 166 valence electrons. The average Bonchev–Trinajstić information content (AvgIpc) is 3.08. The van der Waals surface area contributed by atoms with E-state index in [0.717, 1.165) is 16.9 Å². The van der Waals surface area contributed by atoms with Crippen molar-refractivity contribution < 1.29 is 23.8 Å². The van der Waals surface area contributed by atoms with E-state index >= 15 is 0 Å². The first-order valence-corrected chi connectivity index (χ1v) is 10.6. The number of hydrogen-bond donors (Lipinski definition) is 1. The Morgan fingerprint density at radius 1 is 1.10 bits per heavy atom. The van der Waals surface area contributed by atoms with Gasteiger partial charge in [-0.25, -0.2) is 4.79 Å². The lowest BCUT2D eigenvalue weighted by Gasteiger charge is -2.29. The quantitative estimate of drug-likeness (QED) is 0.674. The SMILES string of the molecule is COc1ccc(C[C@H](NC(=O)OC(C)(C)C)C2COC(=O)[C@@H]2Cc2ccccc2)cc1. The van der Waals surface area contributed by atoms with Gasteiger partial charge in [-0.05, 0) is 56.9 Å². The summed E-state index contributed by atoms with van der Waals surface area (Å²) >= 11 is 0. The normalized spacial score (nSPS) is 19.4. The van der Waals surface area contributed by atoms with Gasteiger partial charge in [0.05, 0.1) is 19.6 Å². The maximum absolute atomic E-state index is 12.6. The van der Waals surface area contributed by atoms with E-state index in [0.29, 0.717) is 12.8 Å². The summed E-state index contributed by atoms with van der Waals surface area (Å²) < 4.78 is 16.2. The summed E-state index contributed by atoms with van der Waals surface area (Å²) in [6, 6.07) is 17.3. The fourth-order valence-corrected chi connectivity index (χ4v) is 3.86. The van der Waals surface area contributed by atoms with Gasteiger partial charge >= 0.3 is 12.1 Å². The van der Waals surface area contributed by atoms with Gasteiger partial charge < -0.3 is 19.5 Å². The third kappa shape index (κ3) is 6.48. The molecule has 6 nitrogen and oxygen atoms in total. The molecule has 0 bridgehead atoms. The van der Waals surface area contributed by atoms with Crippen molar-refractivity contribution in [3.05, 3.63) is 65.7 Å². The number of cyclic esters (lactones) is 1. The molecule has 2 aromatic rings. The molecule has 1 aliphatic heterocycles. The van der Waals surface area contributed by atoms with Gasteiger partial charge in [-0.1, -0.05) is 42.5 Å². The lowest BCUT2D eigenvalue weighted by molar-refractivity contribution is -0.141. The van der Waals surface area contributed by atoms with Crippen LogP contribution < -0.4 is 10.1 Å². The van der Waals surface area contributed by atoms with Crippen LogP contribution in [-0.2, 0) is 27.1 Å². The number of nitrogens with one attached hydrogen (secondary N) is 1. The summed E-state index contributed by atoms with van der Waals surface area (Å²) in [7, 11) is 1.62. The van der Waals surface area contributed by atoms with Gasteiger partial charge in [-0.15, -0.1) is 0 Å². The molecule has 0 radical (unpaired) electrons. The Labute approximate surface area is 183 Å². The monoisotopic (exact) mass is 425 g/mol. The van der Waals surface area contributed by atoms with E-state index in [1.807, 2.05) is 75.4 Å². The number of ether oxygens (including phenoxy) is 3. The molecule has 3 rings (SSSR count). The average molecular weight is 426 g/mol. The fraction of sp³-hybridized carbons (Fsp3) is 0.440. The number of benzene rings is 2. The second-order valence-corrected chi connectivity index (χ2v) is 8.90. The number of alkyl carbamates (subject to hydrolysis) is 1. The molecule has 1 unspecified atom stereocenters. The second kappa shape index (κ2) is 9.86.